The number of halogens is 1. The molecule has 0 aliphatic carbocycles. The topological polar surface area (TPSA) is 59.0 Å². The van der Waals surface area contributed by atoms with Crippen molar-refractivity contribution in [3.05, 3.63) is 16.9 Å². The molecule has 0 radical (unpaired) electrons. The summed E-state index contributed by atoms with van der Waals surface area (Å²) in [7, 11) is 1.66. The second kappa shape index (κ2) is 6.33. The minimum Gasteiger partial charge on any atom is -0.359 e. The predicted octanol–water partition coefficient (Wildman–Crippen LogP) is 1.40. The molecule has 1 aromatic rings. The molecule has 2 N–H and O–H groups in total. The number of aromatic nitrogens is 2. The highest BCUT2D eigenvalue weighted by atomic mass is 79.9. The molecular weight excluding hydrogens is 296 g/mol. The smallest absolute Gasteiger partial charge is 0.226 e. The maximum absolute atomic E-state index is 11.6. The molecule has 6 heteroatoms. The lowest BCUT2D eigenvalue weighted by molar-refractivity contribution is -0.128. The van der Waals surface area contributed by atoms with E-state index in [1.54, 1.807) is 13.2 Å². The highest BCUT2D eigenvalue weighted by molar-refractivity contribution is 9.10. The minimum absolute atomic E-state index is 0.0454. The molecule has 0 aliphatic rings. The van der Waals surface area contributed by atoms with Crippen LogP contribution in [0.2, 0.25) is 0 Å². The normalized spacial score (nSPS) is 13.4. The van der Waals surface area contributed by atoms with E-state index in [1.165, 1.54) is 0 Å². The first-order chi connectivity index (χ1) is 8.35. The van der Waals surface area contributed by atoms with E-state index in [2.05, 4.69) is 38.6 Å². The van der Waals surface area contributed by atoms with Gasteiger partial charge in [0, 0.05) is 25.8 Å². The molecule has 1 aromatic heterocycles. The van der Waals surface area contributed by atoms with E-state index < -0.39 is 5.41 Å². The van der Waals surface area contributed by atoms with Gasteiger partial charge in [0.1, 0.15) is 0 Å². The Kier molecular flexibility index (Phi) is 5.34. The summed E-state index contributed by atoms with van der Waals surface area (Å²) in [4.78, 5) is 11.6. The van der Waals surface area contributed by atoms with Crippen molar-refractivity contribution in [2.24, 2.45) is 5.41 Å². The number of hydrogen-bond donors (Lipinski definition) is 2. The van der Waals surface area contributed by atoms with E-state index in [4.69, 9.17) is 0 Å². The molecule has 1 amide bonds. The molecule has 1 unspecified atom stereocenters. The quantitative estimate of drug-likeness (QED) is 0.834. The van der Waals surface area contributed by atoms with Crippen molar-refractivity contribution < 1.29 is 4.79 Å². The van der Waals surface area contributed by atoms with Gasteiger partial charge in [-0.05, 0) is 36.7 Å². The van der Waals surface area contributed by atoms with Crippen molar-refractivity contribution in [1.82, 2.24) is 20.4 Å². The molecule has 18 heavy (non-hydrogen) atoms. The van der Waals surface area contributed by atoms with Crippen LogP contribution in [0.4, 0.5) is 0 Å². The first-order valence-corrected chi connectivity index (χ1v) is 6.78. The summed E-state index contributed by atoms with van der Waals surface area (Å²) in [5.74, 6) is 0.0454. The van der Waals surface area contributed by atoms with Crippen molar-refractivity contribution in [3.8, 4) is 0 Å². The highest BCUT2D eigenvalue weighted by Crippen LogP contribution is 2.13. The van der Waals surface area contributed by atoms with E-state index in [1.807, 2.05) is 24.7 Å². The number of amides is 1. The summed E-state index contributed by atoms with van der Waals surface area (Å²) in [5.41, 5.74) is -0.409. The summed E-state index contributed by atoms with van der Waals surface area (Å²) in [5, 5.41) is 10.2. The van der Waals surface area contributed by atoms with E-state index in [0.717, 1.165) is 11.0 Å². The van der Waals surface area contributed by atoms with E-state index in [9.17, 15) is 4.79 Å². The maximum atomic E-state index is 11.6. The van der Waals surface area contributed by atoms with Crippen LogP contribution in [0.1, 0.15) is 20.8 Å². The molecule has 5 nitrogen and oxygen atoms in total. The Bertz CT molecular complexity index is 403. The van der Waals surface area contributed by atoms with Crippen molar-refractivity contribution in [3.63, 3.8) is 0 Å². The van der Waals surface area contributed by atoms with Crippen molar-refractivity contribution >= 4 is 21.8 Å². The summed E-state index contributed by atoms with van der Waals surface area (Å²) in [6.45, 7) is 7.34. The van der Waals surface area contributed by atoms with Crippen LogP contribution in [-0.4, -0.2) is 35.3 Å². The third kappa shape index (κ3) is 4.42. The fraction of sp³-hybridized carbons (Fsp3) is 0.667. The Balaban J connectivity index is 2.41. The highest BCUT2D eigenvalue weighted by Gasteiger charge is 2.26. The molecule has 1 heterocycles. The molecule has 0 aliphatic heterocycles. The summed E-state index contributed by atoms with van der Waals surface area (Å²) >= 11 is 3.36. The molecule has 0 bridgehead atoms. The summed E-state index contributed by atoms with van der Waals surface area (Å²) in [6.07, 6.45) is 3.70. The van der Waals surface area contributed by atoms with E-state index in [0.29, 0.717) is 6.54 Å². The predicted molar refractivity (Wildman–Crippen MR) is 75.2 cm³/mol. The second-order valence-electron chi connectivity index (χ2n) is 5.13. The van der Waals surface area contributed by atoms with Crippen LogP contribution in [0, 0.1) is 5.41 Å². The number of hydrogen-bond acceptors (Lipinski definition) is 3. The van der Waals surface area contributed by atoms with E-state index >= 15 is 0 Å². The fourth-order valence-electron chi connectivity index (χ4n) is 1.63. The van der Waals surface area contributed by atoms with Gasteiger partial charge in [-0.2, -0.15) is 5.10 Å². The minimum atomic E-state index is -0.409. The fourth-order valence-corrected chi connectivity index (χ4v) is 1.96. The third-order valence-corrected chi connectivity index (χ3v) is 3.21. The molecule has 1 atom stereocenters. The van der Waals surface area contributed by atoms with Gasteiger partial charge >= 0.3 is 0 Å². The van der Waals surface area contributed by atoms with Gasteiger partial charge in [0.15, 0.2) is 0 Å². The standard InChI is InChI=1S/C12H21BrN4O/c1-9(6-17-7-10(13)5-16-17)15-8-12(2,3)11(18)14-4/h5,7,9,15H,6,8H2,1-4H3,(H,14,18). The largest absolute Gasteiger partial charge is 0.359 e. The molecule has 0 saturated heterocycles. The molecule has 0 aromatic carbocycles. The van der Waals surface area contributed by atoms with Crippen LogP contribution < -0.4 is 10.6 Å². The Morgan fingerprint density at radius 3 is 2.78 bits per heavy atom. The van der Waals surface area contributed by atoms with Gasteiger partial charge in [-0.3, -0.25) is 9.48 Å². The van der Waals surface area contributed by atoms with Gasteiger partial charge in [0.2, 0.25) is 5.91 Å². The van der Waals surface area contributed by atoms with Gasteiger partial charge in [-0.15, -0.1) is 0 Å². The Morgan fingerprint density at radius 2 is 2.28 bits per heavy atom. The zero-order valence-electron chi connectivity index (χ0n) is 11.3. The maximum Gasteiger partial charge on any atom is 0.226 e. The van der Waals surface area contributed by atoms with Gasteiger partial charge in [0.05, 0.1) is 22.6 Å². The molecule has 1 rings (SSSR count). The van der Waals surface area contributed by atoms with Gasteiger partial charge in [0.25, 0.3) is 0 Å². The molecular formula is C12H21BrN4O. The number of nitrogens with zero attached hydrogens (tertiary/aromatic N) is 2. The average molecular weight is 317 g/mol. The van der Waals surface area contributed by atoms with Gasteiger partial charge in [-0.25, -0.2) is 0 Å². The van der Waals surface area contributed by atoms with Crippen LogP contribution in [0.25, 0.3) is 0 Å². The monoisotopic (exact) mass is 316 g/mol. The number of carbonyl (C=O) groups excluding carboxylic acids is 1. The average Bonchev–Trinajstić information content (AvgIpc) is 2.71. The SMILES string of the molecule is CNC(=O)C(C)(C)CNC(C)Cn1cc(Br)cn1. The summed E-state index contributed by atoms with van der Waals surface area (Å²) < 4.78 is 2.84. The first kappa shape index (κ1) is 15.2. The zero-order valence-corrected chi connectivity index (χ0v) is 12.9. The first-order valence-electron chi connectivity index (χ1n) is 5.98. The number of nitrogens with one attached hydrogen (secondary N) is 2. The summed E-state index contributed by atoms with van der Waals surface area (Å²) in [6, 6.07) is 0.251. The number of rotatable bonds is 6. The van der Waals surface area contributed by atoms with Crippen LogP contribution in [0.5, 0.6) is 0 Å². The van der Waals surface area contributed by atoms with Crippen LogP contribution in [-0.2, 0) is 11.3 Å². The van der Waals surface area contributed by atoms with Crippen LogP contribution >= 0.6 is 15.9 Å². The van der Waals surface area contributed by atoms with Crippen molar-refractivity contribution in [2.45, 2.75) is 33.4 Å². The lowest BCUT2D eigenvalue weighted by atomic mass is 9.92. The van der Waals surface area contributed by atoms with Gasteiger partial charge < -0.3 is 10.6 Å². The lowest BCUT2D eigenvalue weighted by Crippen LogP contribution is -2.45. The third-order valence-electron chi connectivity index (χ3n) is 2.80. The lowest BCUT2D eigenvalue weighted by Gasteiger charge is -2.25. The van der Waals surface area contributed by atoms with Crippen LogP contribution in [0.3, 0.4) is 0 Å². The molecule has 0 fully saturated rings. The zero-order chi connectivity index (χ0) is 13.8. The second-order valence-corrected chi connectivity index (χ2v) is 6.04. The number of carbonyl (C=O) groups is 1. The Hall–Kier alpha value is -0.880. The van der Waals surface area contributed by atoms with Crippen molar-refractivity contribution in [1.29, 1.82) is 0 Å². The Morgan fingerprint density at radius 1 is 1.61 bits per heavy atom. The van der Waals surface area contributed by atoms with Gasteiger partial charge in [-0.1, -0.05) is 0 Å². The van der Waals surface area contributed by atoms with Crippen molar-refractivity contribution in [2.75, 3.05) is 13.6 Å². The molecule has 0 saturated carbocycles. The molecule has 102 valence electrons. The van der Waals surface area contributed by atoms with Crippen LogP contribution in [0.15, 0.2) is 16.9 Å². The van der Waals surface area contributed by atoms with E-state index in [-0.39, 0.29) is 11.9 Å². The Labute approximate surface area is 116 Å². The molecule has 0 spiro atoms.